The monoisotopic (exact) mass is 383 g/mol. The molecule has 1 aromatic carbocycles. The van der Waals surface area contributed by atoms with Crippen LogP contribution in [-0.2, 0) is 11.0 Å². The van der Waals surface area contributed by atoms with Crippen LogP contribution in [0, 0.1) is 6.92 Å². The number of nitrogens with zero attached hydrogens (tertiary/aromatic N) is 2. The molecule has 3 rings (SSSR count). The van der Waals surface area contributed by atoms with E-state index in [0.717, 1.165) is 30.7 Å². The van der Waals surface area contributed by atoms with Crippen molar-refractivity contribution in [1.29, 1.82) is 0 Å². The largest absolute Gasteiger partial charge is 0.416 e. The molecule has 0 saturated heterocycles. The number of amides is 2. The van der Waals surface area contributed by atoms with Crippen LogP contribution in [0.3, 0.4) is 0 Å². The number of nitrogens with one attached hydrogen (secondary N) is 1. The second kappa shape index (κ2) is 7.06. The van der Waals surface area contributed by atoms with E-state index in [9.17, 15) is 22.8 Å². The van der Waals surface area contributed by atoms with Crippen LogP contribution in [0.2, 0.25) is 0 Å². The first-order valence-electron chi connectivity index (χ1n) is 7.94. The molecule has 0 radical (unpaired) electrons. The van der Waals surface area contributed by atoms with Crippen molar-refractivity contribution in [2.45, 2.75) is 32.0 Å². The van der Waals surface area contributed by atoms with Gasteiger partial charge in [-0.25, -0.2) is 4.98 Å². The van der Waals surface area contributed by atoms with Crippen molar-refractivity contribution in [2.75, 3.05) is 11.9 Å². The van der Waals surface area contributed by atoms with E-state index in [1.807, 2.05) is 0 Å². The lowest BCUT2D eigenvalue weighted by molar-refractivity contribution is -0.137. The first kappa shape index (κ1) is 18.4. The summed E-state index contributed by atoms with van der Waals surface area (Å²) in [5.74, 6) is -1.00. The molecule has 138 valence electrons. The number of benzene rings is 1. The van der Waals surface area contributed by atoms with Crippen LogP contribution in [0.1, 0.15) is 34.5 Å². The zero-order chi connectivity index (χ0) is 18.9. The number of hydrogen-bond acceptors (Lipinski definition) is 4. The third-order valence-electron chi connectivity index (χ3n) is 3.86. The van der Waals surface area contributed by atoms with Gasteiger partial charge < -0.3 is 10.2 Å². The molecule has 1 fully saturated rings. The Morgan fingerprint density at radius 1 is 1.35 bits per heavy atom. The maximum Gasteiger partial charge on any atom is 0.416 e. The lowest BCUT2D eigenvalue weighted by atomic mass is 10.1. The number of aromatic nitrogens is 1. The first-order chi connectivity index (χ1) is 12.2. The average molecular weight is 383 g/mol. The molecule has 2 aromatic rings. The first-order valence-corrected chi connectivity index (χ1v) is 8.82. The summed E-state index contributed by atoms with van der Waals surface area (Å²) < 4.78 is 38.6. The summed E-state index contributed by atoms with van der Waals surface area (Å²) in [5.41, 5.74) is -0.198. The molecule has 1 N–H and O–H groups in total. The number of carbonyl (C=O) groups excluding carboxylic acids is 2. The number of alkyl halides is 3. The van der Waals surface area contributed by atoms with Crippen molar-refractivity contribution in [3.05, 3.63) is 46.5 Å². The molecule has 0 unspecified atom stereocenters. The van der Waals surface area contributed by atoms with Gasteiger partial charge in [0.25, 0.3) is 5.91 Å². The SMILES string of the molecule is Cc1csc(NC(=O)CN(C(=O)c2cccc(C(F)(F)F)c2)C2CC2)n1. The van der Waals surface area contributed by atoms with E-state index in [2.05, 4.69) is 10.3 Å². The molecule has 1 saturated carbocycles. The Balaban J connectivity index is 1.73. The van der Waals surface area contributed by atoms with Crippen LogP contribution in [-0.4, -0.2) is 34.3 Å². The summed E-state index contributed by atoms with van der Waals surface area (Å²) in [7, 11) is 0. The van der Waals surface area contributed by atoms with Crippen LogP contribution in [0.15, 0.2) is 29.6 Å². The lowest BCUT2D eigenvalue weighted by Crippen LogP contribution is -2.39. The summed E-state index contributed by atoms with van der Waals surface area (Å²) in [6, 6.07) is 4.13. The van der Waals surface area contributed by atoms with Gasteiger partial charge in [-0.3, -0.25) is 9.59 Å². The zero-order valence-electron chi connectivity index (χ0n) is 13.8. The molecule has 1 heterocycles. The number of thiazole rings is 1. The normalized spacial score (nSPS) is 14.2. The molecule has 0 aliphatic heterocycles. The Bertz CT molecular complexity index is 831. The Morgan fingerprint density at radius 2 is 2.08 bits per heavy atom. The quantitative estimate of drug-likeness (QED) is 0.856. The van der Waals surface area contributed by atoms with Crippen molar-refractivity contribution in [3.8, 4) is 0 Å². The molecule has 5 nitrogen and oxygen atoms in total. The number of aryl methyl sites for hydroxylation is 1. The van der Waals surface area contributed by atoms with Gasteiger partial charge in [-0.15, -0.1) is 11.3 Å². The van der Waals surface area contributed by atoms with Crippen LogP contribution in [0.4, 0.5) is 18.3 Å². The van der Waals surface area contributed by atoms with E-state index in [4.69, 9.17) is 0 Å². The van der Waals surface area contributed by atoms with Gasteiger partial charge in [-0.2, -0.15) is 13.2 Å². The number of hydrogen-bond donors (Lipinski definition) is 1. The molecule has 0 bridgehead atoms. The zero-order valence-corrected chi connectivity index (χ0v) is 14.7. The Kier molecular flexibility index (Phi) is 4.99. The second-order valence-corrected chi connectivity index (χ2v) is 6.94. The lowest BCUT2D eigenvalue weighted by Gasteiger charge is -2.22. The van der Waals surface area contributed by atoms with Crippen LogP contribution in [0.25, 0.3) is 0 Å². The minimum Gasteiger partial charge on any atom is -0.326 e. The summed E-state index contributed by atoms with van der Waals surface area (Å²) in [4.78, 5) is 30.3. The van der Waals surface area contributed by atoms with E-state index in [1.54, 1.807) is 12.3 Å². The summed E-state index contributed by atoms with van der Waals surface area (Å²) in [5, 5.41) is 4.82. The molecule has 1 aromatic heterocycles. The molecule has 1 aliphatic carbocycles. The van der Waals surface area contributed by atoms with Gasteiger partial charge in [0, 0.05) is 17.0 Å². The van der Waals surface area contributed by atoms with Crippen molar-refractivity contribution in [3.63, 3.8) is 0 Å². The minimum absolute atomic E-state index is 0.0791. The van der Waals surface area contributed by atoms with Gasteiger partial charge in [0.05, 0.1) is 11.3 Å². The van der Waals surface area contributed by atoms with E-state index >= 15 is 0 Å². The Labute approximate surface area is 151 Å². The predicted molar refractivity (Wildman–Crippen MR) is 91.0 cm³/mol. The summed E-state index contributed by atoms with van der Waals surface area (Å²) in [6.45, 7) is 1.57. The second-order valence-electron chi connectivity index (χ2n) is 6.09. The third-order valence-corrected chi connectivity index (χ3v) is 4.74. The van der Waals surface area contributed by atoms with Gasteiger partial charge in [-0.05, 0) is 38.0 Å². The molecular weight excluding hydrogens is 367 g/mol. The molecule has 0 spiro atoms. The van der Waals surface area contributed by atoms with Gasteiger partial charge in [0.15, 0.2) is 5.13 Å². The van der Waals surface area contributed by atoms with Gasteiger partial charge in [0.2, 0.25) is 5.91 Å². The Morgan fingerprint density at radius 3 is 2.65 bits per heavy atom. The smallest absolute Gasteiger partial charge is 0.326 e. The standard InChI is InChI=1S/C17H16F3N3O2S/c1-10-9-26-16(21-10)22-14(24)8-23(13-5-6-13)15(25)11-3-2-4-12(7-11)17(18,19)20/h2-4,7,9,13H,5-6,8H2,1H3,(H,21,22,24). The Hall–Kier alpha value is -2.42. The average Bonchev–Trinajstić information content (AvgIpc) is 3.34. The van der Waals surface area contributed by atoms with Crippen molar-refractivity contribution >= 4 is 28.3 Å². The van der Waals surface area contributed by atoms with Gasteiger partial charge >= 0.3 is 6.18 Å². The highest BCUT2D eigenvalue weighted by atomic mass is 32.1. The fourth-order valence-electron chi connectivity index (χ4n) is 2.47. The van der Waals surface area contributed by atoms with Crippen LogP contribution >= 0.6 is 11.3 Å². The number of carbonyl (C=O) groups is 2. The number of rotatable bonds is 5. The third kappa shape index (κ3) is 4.40. The number of halogens is 3. The molecule has 1 aliphatic rings. The van der Waals surface area contributed by atoms with E-state index in [0.29, 0.717) is 5.13 Å². The highest BCUT2D eigenvalue weighted by Gasteiger charge is 2.36. The van der Waals surface area contributed by atoms with Gasteiger partial charge in [0.1, 0.15) is 6.54 Å². The molecule has 2 amide bonds. The topological polar surface area (TPSA) is 62.3 Å². The molecule has 0 atom stereocenters. The highest BCUT2D eigenvalue weighted by molar-refractivity contribution is 7.13. The van der Waals surface area contributed by atoms with Crippen LogP contribution in [0.5, 0.6) is 0 Å². The minimum atomic E-state index is -4.53. The summed E-state index contributed by atoms with van der Waals surface area (Å²) >= 11 is 1.27. The van der Waals surface area contributed by atoms with Crippen molar-refractivity contribution in [2.24, 2.45) is 0 Å². The van der Waals surface area contributed by atoms with E-state index < -0.39 is 23.6 Å². The van der Waals surface area contributed by atoms with Crippen molar-refractivity contribution < 1.29 is 22.8 Å². The predicted octanol–water partition coefficient (Wildman–Crippen LogP) is 3.71. The number of anilines is 1. The fraction of sp³-hybridized carbons (Fsp3) is 0.353. The highest BCUT2D eigenvalue weighted by Crippen LogP contribution is 2.32. The molecule has 26 heavy (non-hydrogen) atoms. The van der Waals surface area contributed by atoms with E-state index in [-0.39, 0.29) is 18.2 Å². The van der Waals surface area contributed by atoms with Crippen molar-refractivity contribution in [1.82, 2.24) is 9.88 Å². The maximum absolute atomic E-state index is 12.9. The van der Waals surface area contributed by atoms with Crippen LogP contribution < -0.4 is 5.32 Å². The maximum atomic E-state index is 12.9. The summed E-state index contributed by atoms with van der Waals surface area (Å²) in [6.07, 6.45) is -3.07. The van der Waals surface area contributed by atoms with E-state index in [1.165, 1.54) is 28.4 Å². The molecule has 9 heteroatoms. The fourth-order valence-corrected chi connectivity index (χ4v) is 3.18. The van der Waals surface area contributed by atoms with Gasteiger partial charge in [-0.1, -0.05) is 6.07 Å². The molecular formula is C17H16F3N3O2S.